The highest BCUT2D eigenvalue weighted by Gasteiger charge is 2.28. The third kappa shape index (κ3) is 4.64. The molecule has 8 heteroatoms. The molecule has 0 aromatic rings. The van der Waals surface area contributed by atoms with Gasteiger partial charge in [-0.15, -0.1) is 0 Å². The number of aliphatic carboxylic acids is 1. The Hall–Kier alpha value is -1.41. The highest BCUT2D eigenvalue weighted by Crippen LogP contribution is 2.22. The average Bonchev–Trinajstić information content (AvgIpc) is 2.75. The van der Waals surface area contributed by atoms with Gasteiger partial charge in [0.2, 0.25) is 0 Å². The van der Waals surface area contributed by atoms with Crippen molar-refractivity contribution in [2.24, 2.45) is 0 Å². The second kappa shape index (κ2) is 6.16. The van der Waals surface area contributed by atoms with Gasteiger partial charge < -0.3 is 20.3 Å². The molecule has 19 heavy (non-hydrogen) atoms. The van der Waals surface area contributed by atoms with Crippen LogP contribution in [0.25, 0.3) is 0 Å². The zero-order valence-electron chi connectivity index (χ0n) is 11.0. The molecular formula is C11H18N2O5S. The quantitative estimate of drug-likeness (QED) is 0.593. The maximum atomic E-state index is 11.6. The number of hydrogen-bond acceptors (Lipinski definition) is 6. The van der Waals surface area contributed by atoms with E-state index in [9.17, 15) is 14.7 Å². The molecule has 0 saturated heterocycles. The molecule has 0 spiro atoms. The van der Waals surface area contributed by atoms with Gasteiger partial charge in [0.05, 0.1) is 5.70 Å². The van der Waals surface area contributed by atoms with Gasteiger partial charge in [-0.3, -0.25) is 5.32 Å². The molecule has 0 fully saturated rings. The minimum Gasteiger partial charge on any atom is -0.479 e. The number of hydrogen-bond donors (Lipinski definition) is 4. The molecule has 1 aliphatic heterocycles. The van der Waals surface area contributed by atoms with E-state index in [-0.39, 0.29) is 5.70 Å². The first-order valence-corrected chi connectivity index (χ1v) is 6.72. The summed E-state index contributed by atoms with van der Waals surface area (Å²) in [5.41, 5.74) is -0.980. The number of ether oxygens (including phenoxy) is 1. The fourth-order valence-corrected chi connectivity index (χ4v) is 2.01. The molecule has 0 aromatic heterocycles. The van der Waals surface area contributed by atoms with Crippen molar-refractivity contribution in [1.82, 2.24) is 10.6 Å². The molecule has 2 atom stereocenters. The molecule has 0 radical (unpaired) electrons. The SMILES string of the molecule is CCC(C)(C)OC(=O)NC1NC(C(O)C(=O)O)=CS1. The lowest BCUT2D eigenvalue weighted by atomic mass is 10.1. The van der Waals surface area contributed by atoms with Crippen molar-refractivity contribution in [3.05, 3.63) is 11.1 Å². The summed E-state index contributed by atoms with van der Waals surface area (Å²) in [5.74, 6) is -1.35. The fourth-order valence-electron chi connectivity index (χ4n) is 1.17. The maximum absolute atomic E-state index is 11.6. The van der Waals surface area contributed by atoms with Gasteiger partial charge in [-0.1, -0.05) is 18.7 Å². The number of carboxylic acid groups (broad SMARTS) is 1. The van der Waals surface area contributed by atoms with E-state index in [0.29, 0.717) is 6.42 Å². The number of aliphatic hydroxyl groups is 1. The normalized spacial score (nSPS) is 20.2. The molecule has 1 heterocycles. The van der Waals surface area contributed by atoms with Gasteiger partial charge in [0.1, 0.15) is 5.60 Å². The molecule has 0 bridgehead atoms. The van der Waals surface area contributed by atoms with Crippen LogP contribution in [-0.2, 0) is 9.53 Å². The van der Waals surface area contributed by atoms with E-state index in [1.807, 2.05) is 6.92 Å². The zero-order chi connectivity index (χ0) is 14.6. The summed E-state index contributed by atoms with van der Waals surface area (Å²) in [6, 6.07) is 0. The van der Waals surface area contributed by atoms with Gasteiger partial charge in [-0.2, -0.15) is 0 Å². The lowest BCUT2D eigenvalue weighted by Crippen LogP contribution is -2.45. The van der Waals surface area contributed by atoms with Crippen LogP contribution in [0, 0.1) is 0 Å². The summed E-state index contributed by atoms with van der Waals surface area (Å²) in [5, 5.41) is 24.6. The van der Waals surface area contributed by atoms with E-state index in [1.165, 1.54) is 5.41 Å². The van der Waals surface area contributed by atoms with Gasteiger partial charge in [0, 0.05) is 0 Å². The van der Waals surface area contributed by atoms with Crippen LogP contribution >= 0.6 is 11.8 Å². The number of aliphatic hydroxyl groups excluding tert-OH is 1. The molecule has 4 N–H and O–H groups in total. The first-order valence-electron chi connectivity index (χ1n) is 5.77. The molecule has 1 rings (SSSR count). The molecule has 2 unspecified atom stereocenters. The van der Waals surface area contributed by atoms with Gasteiger partial charge >= 0.3 is 12.1 Å². The zero-order valence-corrected chi connectivity index (χ0v) is 11.8. The van der Waals surface area contributed by atoms with Gasteiger partial charge in [-0.05, 0) is 25.7 Å². The molecule has 7 nitrogen and oxygen atoms in total. The van der Waals surface area contributed by atoms with E-state index >= 15 is 0 Å². The Bertz CT molecular complexity index is 397. The number of amides is 1. The Balaban J connectivity index is 2.42. The van der Waals surface area contributed by atoms with Gasteiger partial charge in [0.15, 0.2) is 11.6 Å². The van der Waals surface area contributed by atoms with Crippen LogP contribution in [0.15, 0.2) is 11.1 Å². The topological polar surface area (TPSA) is 108 Å². The monoisotopic (exact) mass is 290 g/mol. The number of rotatable bonds is 5. The second-order valence-electron chi connectivity index (χ2n) is 4.62. The Morgan fingerprint density at radius 2 is 2.26 bits per heavy atom. The predicted molar refractivity (Wildman–Crippen MR) is 70.2 cm³/mol. The van der Waals surface area contributed by atoms with Crippen LogP contribution in [0.1, 0.15) is 27.2 Å². The smallest absolute Gasteiger partial charge is 0.409 e. The van der Waals surface area contributed by atoms with E-state index in [4.69, 9.17) is 9.84 Å². The van der Waals surface area contributed by atoms with Gasteiger partial charge in [-0.25, -0.2) is 9.59 Å². The van der Waals surface area contributed by atoms with Crippen molar-refractivity contribution in [2.45, 2.75) is 44.4 Å². The molecule has 0 aliphatic carbocycles. The molecule has 0 aromatic carbocycles. The fraction of sp³-hybridized carbons (Fsp3) is 0.636. The third-order valence-electron chi connectivity index (χ3n) is 2.63. The molecule has 1 aliphatic rings. The summed E-state index contributed by atoms with van der Waals surface area (Å²) in [6.45, 7) is 5.48. The Labute approximate surface area is 115 Å². The average molecular weight is 290 g/mol. The Morgan fingerprint density at radius 3 is 2.79 bits per heavy atom. The number of carbonyl (C=O) groups is 2. The Morgan fingerprint density at radius 1 is 1.63 bits per heavy atom. The van der Waals surface area contributed by atoms with Crippen LogP contribution in [0.4, 0.5) is 4.79 Å². The van der Waals surface area contributed by atoms with Crippen molar-refractivity contribution < 1.29 is 24.5 Å². The van der Waals surface area contributed by atoms with Crippen LogP contribution in [0.3, 0.4) is 0 Å². The van der Waals surface area contributed by atoms with Crippen molar-refractivity contribution in [1.29, 1.82) is 0 Å². The lowest BCUT2D eigenvalue weighted by Gasteiger charge is -2.24. The van der Waals surface area contributed by atoms with E-state index in [2.05, 4.69) is 10.6 Å². The second-order valence-corrected chi connectivity index (χ2v) is 5.60. The summed E-state index contributed by atoms with van der Waals surface area (Å²) < 4.78 is 5.19. The number of carbonyl (C=O) groups excluding carboxylic acids is 1. The predicted octanol–water partition coefficient (Wildman–Crippen LogP) is 0.808. The lowest BCUT2D eigenvalue weighted by molar-refractivity contribution is -0.144. The molecule has 0 saturated carbocycles. The number of alkyl carbamates (subject to hydrolysis) is 1. The van der Waals surface area contributed by atoms with Crippen molar-refractivity contribution in [2.75, 3.05) is 0 Å². The van der Waals surface area contributed by atoms with Crippen molar-refractivity contribution >= 4 is 23.8 Å². The molecule has 1 amide bonds. The highest BCUT2D eigenvalue weighted by molar-refractivity contribution is 8.02. The minimum absolute atomic E-state index is 0.137. The third-order valence-corrected chi connectivity index (χ3v) is 3.52. The van der Waals surface area contributed by atoms with Crippen LogP contribution < -0.4 is 10.6 Å². The van der Waals surface area contributed by atoms with E-state index in [0.717, 1.165) is 11.8 Å². The summed E-state index contributed by atoms with van der Waals surface area (Å²) in [6.07, 6.45) is -1.55. The Kier molecular flexibility index (Phi) is 5.07. The highest BCUT2D eigenvalue weighted by atomic mass is 32.2. The number of carboxylic acids is 1. The number of nitrogens with one attached hydrogen (secondary N) is 2. The van der Waals surface area contributed by atoms with Gasteiger partial charge in [0.25, 0.3) is 0 Å². The molecular weight excluding hydrogens is 272 g/mol. The van der Waals surface area contributed by atoms with Crippen LogP contribution in [-0.4, -0.2) is 39.5 Å². The summed E-state index contributed by atoms with van der Waals surface area (Å²) in [7, 11) is 0. The minimum atomic E-state index is -1.62. The van der Waals surface area contributed by atoms with Crippen LogP contribution in [0.5, 0.6) is 0 Å². The van der Waals surface area contributed by atoms with Crippen molar-refractivity contribution in [3.63, 3.8) is 0 Å². The molecule has 108 valence electrons. The standard InChI is InChI=1S/C11H18N2O5S/c1-4-11(2,3)18-10(17)13-9-12-6(5-19-9)7(14)8(15)16/h5,7,9,12,14H,4H2,1-3H3,(H,13,17)(H,15,16). The van der Waals surface area contributed by atoms with Crippen molar-refractivity contribution in [3.8, 4) is 0 Å². The van der Waals surface area contributed by atoms with Crippen LogP contribution in [0.2, 0.25) is 0 Å². The first-order chi connectivity index (χ1) is 8.75. The largest absolute Gasteiger partial charge is 0.479 e. The summed E-state index contributed by atoms with van der Waals surface area (Å²) in [4.78, 5) is 22.2. The van der Waals surface area contributed by atoms with E-state index < -0.39 is 29.3 Å². The summed E-state index contributed by atoms with van der Waals surface area (Å²) >= 11 is 1.15. The number of thioether (sulfide) groups is 1. The first kappa shape index (κ1) is 15.6. The maximum Gasteiger partial charge on any atom is 0.409 e. The van der Waals surface area contributed by atoms with E-state index in [1.54, 1.807) is 13.8 Å².